The van der Waals surface area contributed by atoms with Crippen LogP contribution in [0.3, 0.4) is 0 Å². The summed E-state index contributed by atoms with van der Waals surface area (Å²) in [6, 6.07) is 4.58. The van der Waals surface area contributed by atoms with Crippen LogP contribution in [-0.2, 0) is 0 Å². The number of benzene rings is 1. The minimum atomic E-state index is 0.598. The van der Waals surface area contributed by atoms with Crippen molar-refractivity contribution >= 4 is 32.1 Å². The molecule has 1 heterocycles. The van der Waals surface area contributed by atoms with E-state index in [1.807, 2.05) is 0 Å². The van der Waals surface area contributed by atoms with E-state index in [0.29, 0.717) is 15.0 Å². The Hall–Kier alpha value is -0.781. The Balaban J connectivity index is 2.45. The van der Waals surface area contributed by atoms with Gasteiger partial charge < -0.3 is 0 Å². The standard InChI is InChI=1S/C11H7Se/c1-2-8-4-10-6-12-7-11(10)5-9(8)3-1/h1-7H. The molecule has 0 saturated carbocycles. The molecule has 0 saturated heterocycles. The molecule has 0 nitrogen and oxygen atoms in total. The molecule has 0 N–H and O–H groups in total. The quantitative estimate of drug-likeness (QED) is 0.555. The molecule has 1 radical (unpaired) electrons. The van der Waals surface area contributed by atoms with E-state index in [2.05, 4.69) is 40.7 Å². The van der Waals surface area contributed by atoms with Crippen LogP contribution in [0.2, 0.25) is 0 Å². The van der Waals surface area contributed by atoms with E-state index in [1.54, 1.807) is 0 Å². The molecule has 0 aromatic heterocycles. The van der Waals surface area contributed by atoms with Crippen LogP contribution in [0.5, 0.6) is 0 Å². The number of hydrogen-bond donors (Lipinski definition) is 0. The first kappa shape index (κ1) is 6.71. The van der Waals surface area contributed by atoms with Gasteiger partial charge in [-0.2, -0.15) is 0 Å². The number of fused-ring (bicyclic) bond motifs is 2. The average molecular weight is 218 g/mol. The van der Waals surface area contributed by atoms with Crippen molar-refractivity contribution in [1.29, 1.82) is 0 Å². The Bertz CT molecular complexity index is 480. The molecule has 12 heavy (non-hydrogen) atoms. The van der Waals surface area contributed by atoms with Gasteiger partial charge in [-0.15, -0.1) is 0 Å². The van der Waals surface area contributed by atoms with E-state index in [4.69, 9.17) is 0 Å². The second-order valence-corrected chi connectivity index (χ2v) is 4.57. The minimum absolute atomic E-state index is 0.598. The summed E-state index contributed by atoms with van der Waals surface area (Å²) >= 11 is 0.598. The summed E-state index contributed by atoms with van der Waals surface area (Å²) in [5.74, 6) is 0. The summed E-state index contributed by atoms with van der Waals surface area (Å²) < 4.78 is 0. The maximum absolute atomic E-state index is 2.34. The van der Waals surface area contributed by atoms with Gasteiger partial charge in [0.05, 0.1) is 0 Å². The van der Waals surface area contributed by atoms with E-state index in [9.17, 15) is 0 Å². The molecule has 0 atom stereocenters. The Labute approximate surface area is 77.5 Å². The second-order valence-electron chi connectivity index (χ2n) is 3.01. The first-order valence-electron chi connectivity index (χ1n) is 3.95. The van der Waals surface area contributed by atoms with Crippen LogP contribution >= 0.6 is 0 Å². The van der Waals surface area contributed by atoms with Gasteiger partial charge >= 0.3 is 77.2 Å². The zero-order chi connectivity index (χ0) is 7.97. The molecular formula is C11H7Se. The van der Waals surface area contributed by atoms with Crippen molar-refractivity contribution in [2.24, 2.45) is 0 Å². The molecular weight excluding hydrogens is 211 g/mol. The molecule has 1 heteroatoms. The van der Waals surface area contributed by atoms with Crippen LogP contribution in [-0.4, -0.2) is 15.0 Å². The van der Waals surface area contributed by atoms with Crippen LogP contribution in [0.25, 0.3) is 17.1 Å². The van der Waals surface area contributed by atoms with Crippen LogP contribution in [0.4, 0.5) is 0 Å². The summed E-state index contributed by atoms with van der Waals surface area (Å²) in [5, 5.41) is 5.14. The summed E-state index contributed by atoms with van der Waals surface area (Å²) in [6.07, 6.45) is 6.47. The summed E-state index contributed by atoms with van der Waals surface area (Å²) in [5.41, 5.74) is 2.80. The molecule has 57 valence electrons. The summed E-state index contributed by atoms with van der Waals surface area (Å²) in [4.78, 5) is 2.34. The van der Waals surface area contributed by atoms with Crippen LogP contribution < -0.4 is 10.4 Å². The van der Waals surface area contributed by atoms with Crippen molar-refractivity contribution in [3.63, 3.8) is 0 Å². The van der Waals surface area contributed by atoms with Gasteiger partial charge in [0, 0.05) is 0 Å². The maximum atomic E-state index is 2.34. The van der Waals surface area contributed by atoms with Crippen molar-refractivity contribution < 1.29 is 0 Å². The zero-order valence-corrected chi connectivity index (χ0v) is 8.16. The van der Waals surface area contributed by atoms with E-state index >= 15 is 0 Å². The van der Waals surface area contributed by atoms with E-state index in [0.717, 1.165) is 0 Å². The molecule has 1 aromatic carbocycles. The van der Waals surface area contributed by atoms with Gasteiger partial charge in [0.2, 0.25) is 0 Å². The molecule has 1 aromatic rings. The monoisotopic (exact) mass is 219 g/mol. The second kappa shape index (κ2) is 2.35. The first-order valence-corrected chi connectivity index (χ1v) is 5.93. The zero-order valence-electron chi connectivity index (χ0n) is 6.45. The molecule has 0 amide bonds. The van der Waals surface area contributed by atoms with E-state index in [-0.39, 0.29) is 0 Å². The molecule has 0 bridgehead atoms. The fourth-order valence-corrected chi connectivity index (χ4v) is 3.21. The van der Waals surface area contributed by atoms with Gasteiger partial charge in [0.15, 0.2) is 0 Å². The predicted molar refractivity (Wildman–Crippen MR) is 52.8 cm³/mol. The van der Waals surface area contributed by atoms with Gasteiger partial charge in [-0.1, -0.05) is 0 Å². The number of rotatable bonds is 0. The predicted octanol–water partition coefficient (Wildman–Crippen LogP) is 0.460. The molecule has 1 aliphatic heterocycles. The van der Waals surface area contributed by atoms with Gasteiger partial charge in [0.25, 0.3) is 0 Å². The Kier molecular flexibility index (Phi) is 1.31. The van der Waals surface area contributed by atoms with Gasteiger partial charge in [-0.25, -0.2) is 0 Å². The molecule has 0 unspecified atom stereocenters. The van der Waals surface area contributed by atoms with Crippen molar-refractivity contribution in [2.45, 2.75) is 0 Å². The fraction of sp³-hybridized carbons (Fsp3) is 0. The Morgan fingerprint density at radius 2 is 1.92 bits per heavy atom. The van der Waals surface area contributed by atoms with Gasteiger partial charge in [0.1, 0.15) is 0 Å². The molecule has 0 spiro atoms. The molecule has 2 aliphatic rings. The molecule has 0 fully saturated rings. The molecule has 1 aliphatic carbocycles. The Morgan fingerprint density at radius 1 is 1.00 bits per heavy atom. The molecule has 3 rings (SSSR count). The average Bonchev–Trinajstić information content (AvgIpc) is 2.64. The number of allylic oxidation sites excluding steroid dienone is 1. The van der Waals surface area contributed by atoms with Crippen LogP contribution in [0, 0.1) is 5.32 Å². The van der Waals surface area contributed by atoms with Crippen molar-refractivity contribution in [1.82, 2.24) is 0 Å². The summed E-state index contributed by atoms with van der Waals surface area (Å²) in [7, 11) is 0. The van der Waals surface area contributed by atoms with Gasteiger partial charge in [-0.05, 0) is 0 Å². The van der Waals surface area contributed by atoms with E-state index < -0.39 is 0 Å². The van der Waals surface area contributed by atoms with Crippen molar-refractivity contribution in [2.75, 3.05) is 0 Å². The SMILES string of the molecule is [CH]1[Se]C=c2cc3c(cc21)=CC=C3. The fourth-order valence-electron chi connectivity index (χ4n) is 1.60. The van der Waals surface area contributed by atoms with Crippen molar-refractivity contribution in [3.8, 4) is 0 Å². The Morgan fingerprint density at radius 3 is 2.92 bits per heavy atom. The first-order chi connectivity index (χ1) is 5.93. The van der Waals surface area contributed by atoms with E-state index in [1.165, 1.54) is 21.6 Å². The third-order valence-corrected chi connectivity index (χ3v) is 3.87. The summed E-state index contributed by atoms with van der Waals surface area (Å²) in [6.45, 7) is 0. The van der Waals surface area contributed by atoms with Crippen LogP contribution in [0.1, 0.15) is 11.1 Å². The topological polar surface area (TPSA) is 0 Å². The third-order valence-electron chi connectivity index (χ3n) is 2.23. The normalized spacial score (nSPS) is 16.7. The number of hydrogen-bond acceptors (Lipinski definition) is 0. The van der Waals surface area contributed by atoms with Crippen molar-refractivity contribution in [3.05, 3.63) is 45.1 Å². The van der Waals surface area contributed by atoms with Gasteiger partial charge in [-0.3, -0.25) is 0 Å². The van der Waals surface area contributed by atoms with Crippen LogP contribution in [0.15, 0.2) is 18.2 Å². The third kappa shape index (κ3) is 0.841.